The van der Waals surface area contributed by atoms with Crippen LogP contribution in [-0.4, -0.2) is 6.61 Å². The van der Waals surface area contributed by atoms with Crippen molar-refractivity contribution in [1.82, 2.24) is 0 Å². The predicted octanol–water partition coefficient (Wildman–Crippen LogP) is 10.1. The van der Waals surface area contributed by atoms with Gasteiger partial charge in [-0.2, -0.15) is 13.2 Å². The Morgan fingerprint density at radius 1 is 0.806 bits per heavy atom. The van der Waals surface area contributed by atoms with Gasteiger partial charge in [0.15, 0.2) is 11.6 Å². The molecule has 202 valence electrons. The molecular formula is C31H44F4O. The zero-order chi connectivity index (χ0) is 25.7. The first-order valence-corrected chi connectivity index (χ1v) is 14.4. The molecule has 0 spiro atoms. The zero-order valence-corrected chi connectivity index (χ0v) is 22.1. The number of allylic oxidation sites excluding steroid dienone is 1. The minimum Gasteiger partial charge on any atom is -0.490 e. The molecule has 0 atom stereocenters. The van der Waals surface area contributed by atoms with Gasteiger partial charge in [-0.25, -0.2) is 4.39 Å². The minimum absolute atomic E-state index is 0.150. The van der Waals surface area contributed by atoms with Crippen LogP contribution in [-0.2, 0) is 6.18 Å². The normalized spacial score (nSPS) is 32.1. The highest BCUT2D eigenvalue weighted by molar-refractivity contribution is 5.57. The molecule has 1 aromatic carbocycles. The molecule has 5 heteroatoms. The van der Waals surface area contributed by atoms with Gasteiger partial charge in [0, 0.05) is 0 Å². The fourth-order valence-corrected chi connectivity index (χ4v) is 7.23. The lowest BCUT2D eigenvalue weighted by Crippen LogP contribution is -2.30. The third-order valence-corrected chi connectivity index (χ3v) is 9.53. The van der Waals surface area contributed by atoms with E-state index in [1.807, 2.05) is 6.92 Å². The Balaban J connectivity index is 1.24. The standard InChI is InChI=1S/C31H44F4O/c1-3-4-5-27-18-19-28(30(32)29(27)31(33,34)35)36-20-22-8-12-24(13-9-22)26-16-14-25(15-17-26)23-10-6-21(2)7-11-23/h4-5,18-19,21-26H,3,6-17,20H2,1-2H3/b5-4+. The Kier molecular flexibility index (Phi) is 9.44. The van der Waals surface area contributed by atoms with Crippen molar-refractivity contribution >= 4 is 6.08 Å². The molecule has 0 saturated heterocycles. The summed E-state index contributed by atoms with van der Waals surface area (Å²) in [5.41, 5.74) is -1.38. The Labute approximate surface area is 215 Å². The van der Waals surface area contributed by atoms with Crippen molar-refractivity contribution in [3.05, 3.63) is 35.2 Å². The van der Waals surface area contributed by atoms with E-state index in [2.05, 4.69) is 6.92 Å². The van der Waals surface area contributed by atoms with E-state index >= 15 is 0 Å². The molecule has 0 radical (unpaired) electrons. The van der Waals surface area contributed by atoms with Crippen LogP contribution in [0.15, 0.2) is 18.2 Å². The molecule has 3 fully saturated rings. The number of rotatable bonds is 7. The number of halogens is 4. The topological polar surface area (TPSA) is 9.23 Å². The van der Waals surface area contributed by atoms with Crippen LogP contribution in [0.5, 0.6) is 5.75 Å². The van der Waals surface area contributed by atoms with Crippen LogP contribution in [0.2, 0.25) is 0 Å². The van der Waals surface area contributed by atoms with Gasteiger partial charge in [0.05, 0.1) is 6.61 Å². The lowest BCUT2D eigenvalue weighted by Gasteiger charge is -2.41. The molecule has 1 nitrogen and oxygen atoms in total. The van der Waals surface area contributed by atoms with Crippen LogP contribution in [0, 0.1) is 41.3 Å². The van der Waals surface area contributed by atoms with Gasteiger partial charge in [-0.3, -0.25) is 0 Å². The summed E-state index contributed by atoms with van der Waals surface area (Å²) in [6, 6.07) is 2.66. The first kappa shape index (κ1) is 27.5. The Bertz CT molecular complexity index is 852. The lowest BCUT2D eigenvalue weighted by molar-refractivity contribution is -0.140. The van der Waals surface area contributed by atoms with Crippen molar-refractivity contribution < 1.29 is 22.3 Å². The highest BCUT2D eigenvalue weighted by Crippen LogP contribution is 2.46. The highest BCUT2D eigenvalue weighted by Gasteiger charge is 2.38. The molecule has 0 bridgehead atoms. The maximum Gasteiger partial charge on any atom is 0.419 e. The summed E-state index contributed by atoms with van der Waals surface area (Å²) >= 11 is 0. The molecule has 4 rings (SSSR count). The number of hydrogen-bond donors (Lipinski definition) is 0. The maximum atomic E-state index is 14.8. The highest BCUT2D eigenvalue weighted by atomic mass is 19.4. The Morgan fingerprint density at radius 3 is 1.81 bits per heavy atom. The van der Waals surface area contributed by atoms with E-state index in [9.17, 15) is 17.6 Å². The smallest absolute Gasteiger partial charge is 0.419 e. The van der Waals surface area contributed by atoms with Crippen LogP contribution in [0.3, 0.4) is 0 Å². The van der Waals surface area contributed by atoms with E-state index in [-0.39, 0.29) is 23.8 Å². The summed E-state index contributed by atoms with van der Waals surface area (Å²) in [5, 5.41) is 0. The molecule has 0 unspecified atom stereocenters. The van der Waals surface area contributed by atoms with Gasteiger partial charge in [0.2, 0.25) is 0 Å². The predicted molar refractivity (Wildman–Crippen MR) is 138 cm³/mol. The first-order valence-electron chi connectivity index (χ1n) is 14.4. The number of hydrogen-bond acceptors (Lipinski definition) is 1. The summed E-state index contributed by atoms with van der Waals surface area (Å²) in [6.45, 7) is 4.51. The van der Waals surface area contributed by atoms with E-state index in [0.29, 0.717) is 6.42 Å². The van der Waals surface area contributed by atoms with Crippen LogP contribution in [0.25, 0.3) is 6.08 Å². The summed E-state index contributed by atoms with van der Waals surface area (Å²) in [6.07, 6.45) is 14.4. The molecule has 0 heterocycles. The molecule has 3 aliphatic carbocycles. The third kappa shape index (κ3) is 6.86. The molecule has 36 heavy (non-hydrogen) atoms. The van der Waals surface area contributed by atoms with E-state index < -0.39 is 17.6 Å². The lowest BCUT2D eigenvalue weighted by atomic mass is 9.65. The van der Waals surface area contributed by atoms with Crippen LogP contribution >= 0.6 is 0 Å². The molecule has 0 N–H and O–H groups in total. The van der Waals surface area contributed by atoms with Crippen LogP contribution in [0.1, 0.15) is 108 Å². The van der Waals surface area contributed by atoms with Crippen molar-refractivity contribution in [3.63, 3.8) is 0 Å². The summed E-state index contributed by atoms with van der Waals surface area (Å²) in [7, 11) is 0. The van der Waals surface area contributed by atoms with E-state index in [4.69, 9.17) is 4.74 Å². The molecule has 0 aliphatic heterocycles. The van der Waals surface area contributed by atoms with Crippen molar-refractivity contribution in [3.8, 4) is 5.75 Å². The quantitative estimate of drug-likeness (QED) is 0.333. The minimum atomic E-state index is -4.76. The second-order valence-electron chi connectivity index (χ2n) is 11.9. The Morgan fingerprint density at radius 2 is 1.31 bits per heavy atom. The van der Waals surface area contributed by atoms with Gasteiger partial charge < -0.3 is 4.74 Å². The van der Waals surface area contributed by atoms with E-state index in [1.54, 1.807) is 6.08 Å². The van der Waals surface area contributed by atoms with E-state index in [1.165, 1.54) is 82.4 Å². The molecular weight excluding hydrogens is 464 g/mol. The fraction of sp³-hybridized carbons (Fsp3) is 0.742. The third-order valence-electron chi connectivity index (χ3n) is 9.53. The SMILES string of the molecule is CC/C=C/c1ccc(OCC2CCC(C3CCC(C4CCC(C)CC4)CC3)CC2)c(F)c1C(F)(F)F. The average Bonchev–Trinajstić information content (AvgIpc) is 2.87. The number of benzene rings is 1. The number of alkyl halides is 3. The van der Waals surface area contributed by atoms with Gasteiger partial charge >= 0.3 is 6.18 Å². The van der Waals surface area contributed by atoms with Crippen molar-refractivity contribution in [2.24, 2.45) is 35.5 Å². The van der Waals surface area contributed by atoms with Gasteiger partial charge in [-0.05, 0) is 118 Å². The van der Waals surface area contributed by atoms with Crippen LogP contribution in [0.4, 0.5) is 17.6 Å². The largest absolute Gasteiger partial charge is 0.490 e. The van der Waals surface area contributed by atoms with Crippen molar-refractivity contribution in [1.29, 1.82) is 0 Å². The monoisotopic (exact) mass is 508 g/mol. The van der Waals surface area contributed by atoms with Gasteiger partial charge in [0.25, 0.3) is 0 Å². The molecule has 0 amide bonds. The van der Waals surface area contributed by atoms with Crippen molar-refractivity contribution in [2.45, 2.75) is 103 Å². The van der Waals surface area contributed by atoms with Crippen molar-refractivity contribution in [2.75, 3.05) is 6.61 Å². The average molecular weight is 509 g/mol. The van der Waals surface area contributed by atoms with Crippen LogP contribution < -0.4 is 4.74 Å². The second kappa shape index (κ2) is 12.3. The zero-order valence-electron chi connectivity index (χ0n) is 22.1. The van der Waals surface area contributed by atoms with E-state index in [0.717, 1.165) is 42.4 Å². The molecule has 0 aromatic heterocycles. The second-order valence-corrected chi connectivity index (χ2v) is 11.9. The van der Waals surface area contributed by atoms with Gasteiger partial charge in [-0.15, -0.1) is 0 Å². The molecule has 1 aromatic rings. The summed E-state index contributed by atoms with van der Waals surface area (Å²) in [4.78, 5) is 0. The number of ether oxygens (including phenoxy) is 1. The molecule has 3 aliphatic rings. The molecule has 3 saturated carbocycles. The fourth-order valence-electron chi connectivity index (χ4n) is 7.23. The van der Waals surface area contributed by atoms with Gasteiger partial charge in [0.1, 0.15) is 5.56 Å². The summed E-state index contributed by atoms with van der Waals surface area (Å²) < 4.78 is 61.1. The Hall–Kier alpha value is -1.52. The van der Waals surface area contributed by atoms with Gasteiger partial charge in [-0.1, -0.05) is 44.9 Å². The summed E-state index contributed by atoms with van der Waals surface area (Å²) in [5.74, 6) is 3.14. The maximum absolute atomic E-state index is 14.8. The first-order chi connectivity index (χ1) is 17.3.